The molecule has 19 heavy (non-hydrogen) atoms. The van der Waals surface area contributed by atoms with Gasteiger partial charge >= 0.3 is 12.1 Å². The third kappa shape index (κ3) is 2.73. The lowest BCUT2D eigenvalue weighted by Crippen LogP contribution is -2.10. The van der Waals surface area contributed by atoms with E-state index in [0.717, 1.165) is 6.07 Å². The van der Waals surface area contributed by atoms with Crippen molar-refractivity contribution in [1.29, 1.82) is 0 Å². The van der Waals surface area contributed by atoms with Crippen molar-refractivity contribution in [3.63, 3.8) is 0 Å². The van der Waals surface area contributed by atoms with Crippen LogP contribution in [0.1, 0.15) is 16.1 Å². The van der Waals surface area contributed by atoms with Gasteiger partial charge in [0.15, 0.2) is 0 Å². The summed E-state index contributed by atoms with van der Waals surface area (Å²) in [7, 11) is 0. The summed E-state index contributed by atoms with van der Waals surface area (Å²) in [5.41, 5.74) is -1.28. The van der Waals surface area contributed by atoms with Crippen LogP contribution in [0.4, 0.5) is 13.2 Å². The summed E-state index contributed by atoms with van der Waals surface area (Å²) >= 11 is 0. The van der Waals surface area contributed by atoms with Gasteiger partial charge < -0.3 is 5.11 Å². The zero-order chi connectivity index (χ0) is 14.0. The van der Waals surface area contributed by atoms with Crippen molar-refractivity contribution < 1.29 is 23.1 Å². The summed E-state index contributed by atoms with van der Waals surface area (Å²) in [5, 5.41) is 8.81. The molecule has 0 aliphatic heterocycles. The average Bonchev–Trinajstić information content (AvgIpc) is 2.38. The summed E-state index contributed by atoms with van der Waals surface area (Å²) in [5.74, 6) is -1.37. The van der Waals surface area contributed by atoms with E-state index in [1.165, 1.54) is 12.1 Å². The first kappa shape index (κ1) is 13.1. The molecule has 1 aromatic carbocycles. The predicted molar refractivity (Wildman–Crippen MR) is 61.6 cm³/mol. The van der Waals surface area contributed by atoms with Crippen molar-refractivity contribution >= 4 is 5.97 Å². The van der Waals surface area contributed by atoms with Gasteiger partial charge in [-0.25, -0.2) is 9.78 Å². The van der Waals surface area contributed by atoms with Gasteiger partial charge in [0.2, 0.25) is 0 Å². The highest BCUT2D eigenvalue weighted by molar-refractivity contribution is 5.87. The first-order chi connectivity index (χ1) is 8.89. The highest BCUT2D eigenvalue weighted by Gasteiger charge is 2.34. The first-order valence-electron chi connectivity index (χ1n) is 5.25. The molecule has 0 bridgehead atoms. The van der Waals surface area contributed by atoms with Crippen LogP contribution in [0.3, 0.4) is 0 Å². The maximum Gasteiger partial charge on any atom is 0.418 e. The number of hydrogen-bond acceptors (Lipinski definition) is 2. The number of alkyl halides is 3. The SMILES string of the molecule is O=C(O)c1cc(-c2ccccc2)c(C(F)(F)F)cn1. The van der Waals surface area contributed by atoms with Gasteiger partial charge in [-0.3, -0.25) is 0 Å². The minimum atomic E-state index is -4.59. The van der Waals surface area contributed by atoms with Crippen LogP contribution in [-0.4, -0.2) is 16.1 Å². The molecule has 0 radical (unpaired) electrons. The minimum Gasteiger partial charge on any atom is -0.477 e. The molecule has 0 spiro atoms. The molecule has 98 valence electrons. The summed E-state index contributed by atoms with van der Waals surface area (Å²) in [6.45, 7) is 0. The van der Waals surface area contributed by atoms with Crippen molar-refractivity contribution in [1.82, 2.24) is 4.98 Å². The highest BCUT2D eigenvalue weighted by Crippen LogP contribution is 2.36. The molecule has 0 atom stereocenters. The van der Waals surface area contributed by atoms with Crippen LogP contribution in [0, 0.1) is 0 Å². The van der Waals surface area contributed by atoms with Gasteiger partial charge in [-0.05, 0) is 17.2 Å². The normalized spacial score (nSPS) is 11.3. The van der Waals surface area contributed by atoms with Gasteiger partial charge in [0.1, 0.15) is 5.69 Å². The number of carbonyl (C=O) groups is 1. The maximum absolute atomic E-state index is 12.9. The Morgan fingerprint density at radius 3 is 2.32 bits per heavy atom. The lowest BCUT2D eigenvalue weighted by Gasteiger charge is -2.13. The second kappa shape index (κ2) is 4.72. The Hall–Kier alpha value is -2.37. The fraction of sp³-hybridized carbons (Fsp3) is 0.0769. The van der Waals surface area contributed by atoms with E-state index in [4.69, 9.17) is 5.11 Å². The molecule has 0 saturated heterocycles. The first-order valence-corrected chi connectivity index (χ1v) is 5.25. The Morgan fingerprint density at radius 1 is 1.16 bits per heavy atom. The molecule has 0 aliphatic rings. The Labute approximate surface area is 106 Å². The fourth-order valence-corrected chi connectivity index (χ4v) is 1.65. The molecular formula is C13H8F3NO2. The molecule has 0 saturated carbocycles. The van der Waals surface area contributed by atoms with E-state index >= 15 is 0 Å². The van der Waals surface area contributed by atoms with Crippen LogP contribution in [-0.2, 0) is 6.18 Å². The third-order valence-corrected chi connectivity index (χ3v) is 2.51. The smallest absolute Gasteiger partial charge is 0.418 e. The molecule has 1 N–H and O–H groups in total. The molecule has 1 heterocycles. The maximum atomic E-state index is 12.9. The van der Waals surface area contributed by atoms with Crippen molar-refractivity contribution in [2.24, 2.45) is 0 Å². The highest BCUT2D eigenvalue weighted by atomic mass is 19.4. The summed E-state index contributed by atoms with van der Waals surface area (Å²) in [6.07, 6.45) is -4.04. The predicted octanol–water partition coefficient (Wildman–Crippen LogP) is 3.47. The number of carboxylic acid groups (broad SMARTS) is 1. The topological polar surface area (TPSA) is 50.2 Å². The largest absolute Gasteiger partial charge is 0.477 e. The zero-order valence-corrected chi connectivity index (χ0v) is 9.48. The summed E-state index contributed by atoms with van der Waals surface area (Å²) < 4.78 is 38.6. The molecule has 0 amide bonds. The van der Waals surface area contributed by atoms with Crippen LogP contribution in [0.25, 0.3) is 11.1 Å². The molecule has 0 fully saturated rings. The molecule has 2 rings (SSSR count). The summed E-state index contributed by atoms with van der Waals surface area (Å²) in [6, 6.07) is 8.72. The van der Waals surface area contributed by atoms with E-state index in [1.54, 1.807) is 18.2 Å². The Bertz CT molecular complexity index is 609. The van der Waals surface area contributed by atoms with Gasteiger partial charge in [0.25, 0.3) is 0 Å². The number of benzene rings is 1. The number of rotatable bonds is 2. The van der Waals surface area contributed by atoms with Gasteiger partial charge in [-0.15, -0.1) is 0 Å². The second-order valence-electron chi connectivity index (χ2n) is 3.78. The van der Waals surface area contributed by atoms with Crippen molar-refractivity contribution in [3.8, 4) is 11.1 Å². The van der Waals surface area contributed by atoms with Gasteiger partial charge in [-0.1, -0.05) is 30.3 Å². The van der Waals surface area contributed by atoms with Gasteiger partial charge in [-0.2, -0.15) is 13.2 Å². The number of halogens is 3. The average molecular weight is 267 g/mol. The van der Waals surface area contributed by atoms with E-state index in [2.05, 4.69) is 4.98 Å². The zero-order valence-electron chi connectivity index (χ0n) is 9.48. The summed E-state index contributed by atoms with van der Waals surface area (Å²) in [4.78, 5) is 14.1. The number of carboxylic acids is 1. The van der Waals surface area contributed by atoms with Gasteiger partial charge in [0.05, 0.1) is 5.56 Å². The monoisotopic (exact) mass is 267 g/mol. The van der Waals surface area contributed by atoms with E-state index in [1.807, 2.05) is 0 Å². The van der Waals surface area contributed by atoms with E-state index < -0.39 is 23.4 Å². The van der Waals surface area contributed by atoms with Crippen LogP contribution < -0.4 is 0 Å². The Morgan fingerprint density at radius 2 is 1.79 bits per heavy atom. The fourth-order valence-electron chi connectivity index (χ4n) is 1.65. The van der Waals surface area contributed by atoms with E-state index in [9.17, 15) is 18.0 Å². The van der Waals surface area contributed by atoms with Crippen LogP contribution in [0.2, 0.25) is 0 Å². The molecule has 1 aromatic heterocycles. The standard InChI is InChI=1S/C13H8F3NO2/c14-13(15,16)10-7-17-11(12(18)19)6-9(10)8-4-2-1-3-5-8/h1-7H,(H,18,19). The minimum absolute atomic E-state index is 0.194. The van der Waals surface area contributed by atoms with Gasteiger partial charge in [0, 0.05) is 6.20 Å². The number of hydrogen-bond donors (Lipinski definition) is 1. The van der Waals surface area contributed by atoms with Crippen LogP contribution >= 0.6 is 0 Å². The number of aromatic carboxylic acids is 1. The quantitative estimate of drug-likeness (QED) is 0.906. The molecule has 0 unspecified atom stereocenters. The van der Waals surface area contributed by atoms with Crippen LogP contribution in [0.5, 0.6) is 0 Å². The van der Waals surface area contributed by atoms with Crippen LogP contribution in [0.15, 0.2) is 42.6 Å². The molecule has 0 aliphatic carbocycles. The van der Waals surface area contributed by atoms with Crippen molar-refractivity contribution in [2.45, 2.75) is 6.18 Å². The third-order valence-electron chi connectivity index (χ3n) is 2.51. The van der Waals surface area contributed by atoms with E-state index in [-0.39, 0.29) is 5.56 Å². The lowest BCUT2D eigenvalue weighted by atomic mass is 10.0. The molecule has 3 nitrogen and oxygen atoms in total. The molecule has 2 aromatic rings. The van der Waals surface area contributed by atoms with E-state index in [0.29, 0.717) is 11.8 Å². The van der Waals surface area contributed by atoms with Crippen molar-refractivity contribution in [3.05, 3.63) is 53.9 Å². The Kier molecular flexibility index (Phi) is 3.25. The Balaban J connectivity index is 2.67. The lowest BCUT2D eigenvalue weighted by molar-refractivity contribution is -0.137. The van der Waals surface area contributed by atoms with Crippen molar-refractivity contribution in [2.75, 3.05) is 0 Å². The molecular weight excluding hydrogens is 259 g/mol. The number of aromatic nitrogens is 1. The second-order valence-corrected chi connectivity index (χ2v) is 3.78. The molecule has 6 heteroatoms. The number of pyridine rings is 1. The number of nitrogens with zero attached hydrogens (tertiary/aromatic N) is 1.